The number of aliphatic hydroxyl groups is 2. The highest BCUT2D eigenvalue weighted by Crippen LogP contribution is 2.06. The molecule has 0 aromatic rings. The van der Waals surface area contributed by atoms with Crippen LogP contribution in [0.4, 0.5) is 0 Å². The van der Waals surface area contributed by atoms with Crippen LogP contribution >= 0.6 is 0 Å². The van der Waals surface area contributed by atoms with Gasteiger partial charge in [-0.2, -0.15) is 0 Å². The molecule has 10 heavy (non-hydrogen) atoms. The third-order valence-electron chi connectivity index (χ3n) is 1.16. The van der Waals surface area contributed by atoms with Crippen LogP contribution in [0.15, 0.2) is 24.3 Å². The van der Waals surface area contributed by atoms with Crippen LogP contribution in [0.1, 0.15) is 13.8 Å². The molecule has 0 heterocycles. The first-order valence-electron chi connectivity index (χ1n) is 3.29. The molecule has 0 amide bonds. The van der Waals surface area contributed by atoms with E-state index in [4.69, 9.17) is 5.11 Å². The first kappa shape index (κ1) is 9.40. The predicted molar refractivity (Wildman–Crippen MR) is 41.7 cm³/mol. The third kappa shape index (κ3) is 2.80. The van der Waals surface area contributed by atoms with Gasteiger partial charge in [0.25, 0.3) is 0 Å². The highest BCUT2D eigenvalue weighted by Gasteiger charge is 2.16. The van der Waals surface area contributed by atoms with Crippen molar-refractivity contribution in [2.75, 3.05) is 6.61 Å². The van der Waals surface area contributed by atoms with Crippen molar-refractivity contribution in [1.29, 1.82) is 0 Å². The Balaban J connectivity index is 4.22. The molecule has 0 aliphatic heterocycles. The monoisotopic (exact) mass is 142 g/mol. The molecule has 0 saturated carbocycles. The van der Waals surface area contributed by atoms with E-state index in [-0.39, 0.29) is 6.61 Å². The molecule has 0 rings (SSSR count). The normalized spacial score (nSPS) is 13.6. The van der Waals surface area contributed by atoms with Crippen LogP contribution in [-0.4, -0.2) is 22.4 Å². The molecule has 0 radical (unpaired) electrons. The van der Waals surface area contributed by atoms with E-state index in [0.29, 0.717) is 0 Å². The summed E-state index contributed by atoms with van der Waals surface area (Å²) < 4.78 is 0. The Morgan fingerprint density at radius 1 is 1.20 bits per heavy atom. The third-order valence-corrected chi connectivity index (χ3v) is 1.16. The standard InChI is InChI=1S/C8H14O2/c1-3-5-8(10,7-9)6-4-2/h3-6,9-10H,7H2,1-2H3/b5-3+,6-4+. The second-order valence-corrected chi connectivity index (χ2v) is 2.15. The van der Waals surface area contributed by atoms with E-state index in [1.165, 1.54) is 0 Å². The first-order chi connectivity index (χ1) is 4.68. The fraction of sp³-hybridized carbons (Fsp3) is 0.500. The van der Waals surface area contributed by atoms with Gasteiger partial charge in [-0.1, -0.05) is 24.3 Å². The van der Waals surface area contributed by atoms with E-state index in [1.54, 1.807) is 38.2 Å². The van der Waals surface area contributed by atoms with Gasteiger partial charge in [0.1, 0.15) is 5.60 Å². The average Bonchev–Trinajstić information content (AvgIpc) is 1.89. The summed E-state index contributed by atoms with van der Waals surface area (Å²) in [5, 5.41) is 18.1. The lowest BCUT2D eigenvalue weighted by atomic mass is 10.1. The van der Waals surface area contributed by atoms with Crippen molar-refractivity contribution in [1.82, 2.24) is 0 Å². The molecule has 0 aliphatic carbocycles. The highest BCUT2D eigenvalue weighted by atomic mass is 16.3. The van der Waals surface area contributed by atoms with Gasteiger partial charge in [0.05, 0.1) is 6.61 Å². The van der Waals surface area contributed by atoms with Crippen LogP contribution in [0.2, 0.25) is 0 Å². The first-order valence-corrected chi connectivity index (χ1v) is 3.29. The predicted octanol–water partition coefficient (Wildman–Crippen LogP) is 0.862. The Bertz CT molecular complexity index is 124. The molecule has 0 aromatic carbocycles. The Kier molecular flexibility index (Phi) is 4.00. The fourth-order valence-electron chi connectivity index (χ4n) is 0.738. The molecular formula is C8H14O2. The summed E-state index contributed by atoms with van der Waals surface area (Å²) in [5.41, 5.74) is -1.16. The van der Waals surface area contributed by atoms with Crippen molar-refractivity contribution >= 4 is 0 Å². The largest absolute Gasteiger partial charge is 0.393 e. The van der Waals surface area contributed by atoms with E-state index in [9.17, 15) is 5.11 Å². The smallest absolute Gasteiger partial charge is 0.124 e. The summed E-state index contributed by atoms with van der Waals surface area (Å²) in [4.78, 5) is 0. The number of hydrogen-bond donors (Lipinski definition) is 2. The van der Waals surface area contributed by atoms with E-state index < -0.39 is 5.60 Å². The summed E-state index contributed by atoms with van der Waals surface area (Å²) in [6, 6.07) is 0. The number of allylic oxidation sites excluding steroid dienone is 2. The van der Waals surface area contributed by atoms with Crippen LogP contribution in [0.25, 0.3) is 0 Å². The summed E-state index contributed by atoms with van der Waals surface area (Å²) in [6.07, 6.45) is 6.51. The van der Waals surface area contributed by atoms with Crippen molar-refractivity contribution in [3.8, 4) is 0 Å². The maximum Gasteiger partial charge on any atom is 0.124 e. The minimum atomic E-state index is -1.16. The molecule has 0 bridgehead atoms. The zero-order chi connectivity index (χ0) is 8.04. The Morgan fingerprint density at radius 2 is 1.60 bits per heavy atom. The van der Waals surface area contributed by atoms with Crippen molar-refractivity contribution < 1.29 is 10.2 Å². The van der Waals surface area contributed by atoms with Crippen molar-refractivity contribution in [3.05, 3.63) is 24.3 Å². The summed E-state index contributed by atoms with van der Waals surface area (Å²) in [5.74, 6) is 0. The molecule has 0 aliphatic rings. The Labute approximate surface area is 61.5 Å². The van der Waals surface area contributed by atoms with Crippen LogP contribution in [0.5, 0.6) is 0 Å². The van der Waals surface area contributed by atoms with Crippen molar-refractivity contribution in [2.45, 2.75) is 19.4 Å². The van der Waals surface area contributed by atoms with Gasteiger partial charge in [0.15, 0.2) is 0 Å². The van der Waals surface area contributed by atoms with Gasteiger partial charge in [-0.3, -0.25) is 0 Å². The van der Waals surface area contributed by atoms with Crippen LogP contribution in [0.3, 0.4) is 0 Å². The molecule has 0 unspecified atom stereocenters. The van der Waals surface area contributed by atoms with Gasteiger partial charge in [-0.25, -0.2) is 0 Å². The minimum Gasteiger partial charge on any atom is -0.393 e. The summed E-state index contributed by atoms with van der Waals surface area (Å²) in [6.45, 7) is 3.32. The van der Waals surface area contributed by atoms with Crippen molar-refractivity contribution in [3.63, 3.8) is 0 Å². The second-order valence-electron chi connectivity index (χ2n) is 2.15. The number of aliphatic hydroxyl groups excluding tert-OH is 1. The number of hydrogen-bond acceptors (Lipinski definition) is 2. The van der Waals surface area contributed by atoms with E-state index in [0.717, 1.165) is 0 Å². The van der Waals surface area contributed by atoms with E-state index >= 15 is 0 Å². The second kappa shape index (κ2) is 4.25. The summed E-state index contributed by atoms with van der Waals surface area (Å²) >= 11 is 0. The molecule has 2 N–H and O–H groups in total. The maximum absolute atomic E-state index is 9.40. The lowest BCUT2D eigenvalue weighted by Gasteiger charge is -2.15. The SMILES string of the molecule is C/C=C/C(O)(/C=C/C)CO. The molecule has 58 valence electrons. The zero-order valence-corrected chi connectivity index (χ0v) is 6.41. The van der Waals surface area contributed by atoms with Crippen molar-refractivity contribution in [2.24, 2.45) is 0 Å². The lowest BCUT2D eigenvalue weighted by Crippen LogP contribution is -2.27. The van der Waals surface area contributed by atoms with Gasteiger partial charge in [0.2, 0.25) is 0 Å². The van der Waals surface area contributed by atoms with Gasteiger partial charge in [-0.15, -0.1) is 0 Å². The molecule has 2 nitrogen and oxygen atoms in total. The molecule has 0 fully saturated rings. The van der Waals surface area contributed by atoms with Gasteiger partial charge >= 0.3 is 0 Å². The summed E-state index contributed by atoms with van der Waals surface area (Å²) in [7, 11) is 0. The Hall–Kier alpha value is -0.600. The van der Waals surface area contributed by atoms with E-state index in [1.807, 2.05) is 0 Å². The van der Waals surface area contributed by atoms with Crippen LogP contribution < -0.4 is 0 Å². The highest BCUT2D eigenvalue weighted by molar-refractivity contribution is 5.12. The van der Waals surface area contributed by atoms with Crippen LogP contribution in [-0.2, 0) is 0 Å². The van der Waals surface area contributed by atoms with Gasteiger partial charge < -0.3 is 10.2 Å². The molecule has 0 saturated heterocycles. The molecule has 2 heteroatoms. The topological polar surface area (TPSA) is 40.5 Å². The van der Waals surface area contributed by atoms with E-state index in [2.05, 4.69) is 0 Å². The molecular weight excluding hydrogens is 128 g/mol. The quantitative estimate of drug-likeness (QED) is 0.574. The molecule has 0 aromatic heterocycles. The van der Waals surface area contributed by atoms with Gasteiger partial charge in [0, 0.05) is 0 Å². The number of rotatable bonds is 3. The van der Waals surface area contributed by atoms with Crippen LogP contribution in [0, 0.1) is 0 Å². The lowest BCUT2D eigenvalue weighted by molar-refractivity contribution is 0.0677. The molecule has 0 spiro atoms. The van der Waals surface area contributed by atoms with Gasteiger partial charge in [-0.05, 0) is 13.8 Å². The molecule has 0 atom stereocenters. The fourth-order valence-corrected chi connectivity index (χ4v) is 0.738. The zero-order valence-electron chi connectivity index (χ0n) is 6.41. The maximum atomic E-state index is 9.40. The minimum absolute atomic E-state index is 0.276. The average molecular weight is 142 g/mol. The Morgan fingerprint density at radius 3 is 1.80 bits per heavy atom.